The van der Waals surface area contributed by atoms with Gasteiger partial charge in [0, 0.05) is 12.0 Å². The van der Waals surface area contributed by atoms with Crippen LogP contribution in [-0.4, -0.2) is 28.0 Å². The predicted molar refractivity (Wildman–Crippen MR) is 60.2 cm³/mol. The highest BCUT2D eigenvalue weighted by molar-refractivity contribution is 7.91. The van der Waals surface area contributed by atoms with Gasteiger partial charge >= 0.3 is 0 Å². The fraction of sp³-hybridized carbons (Fsp3) is 0.364. The van der Waals surface area contributed by atoms with E-state index in [9.17, 15) is 9.35 Å². The highest BCUT2D eigenvalue weighted by atomic mass is 32.2. The number of benzene rings is 1. The van der Waals surface area contributed by atoms with Crippen molar-refractivity contribution in [1.29, 1.82) is 0 Å². The zero-order valence-corrected chi connectivity index (χ0v) is 9.13. The third-order valence-corrected chi connectivity index (χ3v) is 3.92. The van der Waals surface area contributed by atoms with Gasteiger partial charge in [-0.05, 0) is 12.1 Å². The molecule has 0 bridgehead atoms. The lowest BCUT2D eigenvalue weighted by molar-refractivity contribution is 0.0941. The van der Waals surface area contributed by atoms with Gasteiger partial charge in [-0.1, -0.05) is 29.4 Å². The molecule has 1 heterocycles. The molecular weight excluding hydrogens is 210 g/mol. The minimum atomic E-state index is -0.740. The van der Waals surface area contributed by atoms with Crippen molar-refractivity contribution >= 4 is 17.1 Å². The summed E-state index contributed by atoms with van der Waals surface area (Å²) in [7, 11) is 0. The minimum absolute atomic E-state index is 0.0699. The molecule has 1 aliphatic heterocycles. The first-order chi connectivity index (χ1) is 7.25. The Morgan fingerprint density at radius 3 is 2.73 bits per heavy atom. The van der Waals surface area contributed by atoms with E-state index in [1.165, 1.54) is 0 Å². The standard InChI is InChI=1S/C11H13NO2S/c13-11(9-4-2-1-3-5-9)12-10-6-7-15(14)8-10/h1-5,10H,6-8H2,(H,12,13)/t10-,15?/m0/s1. The van der Waals surface area contributed by atoms with Crippen LogP contribution >= 0.6 is 0 Å². The van der Waals surface area contributed by atoms with Crippen molar-refractivity contribution in [2.75, 3.05) is 11.5 Å². The van der Waals surface area contributed by atoms with Crippen LogP contribution in [0.4, 0.5) is 0 Å². The van der Waals surface area contributed by atoms with E-state index in [0.29, 0.717) is 17.1 Å². The van der Waals surface area contributed by atoms with E-state index in [4.69, 9.17) is 0 Å². The van der Waals surface area contributed by atoms with Crippen LogP contribution in [0.3, 0.4) is 0 Å². The highest BCUT2D eigenvalue weighted by Crippen LogP contribution is 2.12. The lowest BCUT2D eigenvalue weighted by Gasteiger charge is -2.09. The van der Waals surface area contributed by atoms with E-state index < -0.39 is 11.2 Å². The van der Waals surface area contributed by atoms with E-state index in [-0.39, 0.29) is 11.9 Å². The van der Waals surface area contributed by atoms with Gasteiger partial charge in [0.15, 0.2) is 0 Å². The Bertz CT molecular complexity index is 342. The number of nitrogens with one attached hydrogen (secondary N) is 1. The van der Waals surface area contributed by atoms with Crippen LogP contribution in [-0.2, 0) is 11.2 Å². The van der Waals surface area contributed by atoms with Crippen molar-refractivity contribution in [3.05, 3.63) is 35.9 Å². The summed E-state index contributed by atoms with van der Waals surface area (Å²) in [6.45, 7) is 0. The molecule has 3 nitrogen and oxygen atoms in total. The average molecular weight is 223 g/mol. The average Bonchev–Trinajstić information content (AvgIpc) is 2.65. The summed E-state index contributed by atoms with van der Waals surface area (Å²) in [6, 6.07) is 9.19. The SMILES string of the molecule is O=C(N[C@H]1CC[S+]([O-])C1)c1ccccc1. The van der Waals surface area contributed by atoms with Crippen molar-refractivity contribution in [3.63, 3.8) is 0 Å². The minimum Gasteiger partial charge on any atom is -0.616 e. The summed E-state index contributed by atoms with van der Waals surface area (Å²) in [4.78, 5) is 11.7. The van der Waals surface area contributed by atoms with E-state index in [2.05, 4.69) is 5.32 Å². The summed E-state index contributed by atoms with van der Waals surface area (Å²) in [6.07, 6.45) is 0.825. The molecule has 15 heavy (non-hydrogen) atoms. The van der Waals surface area contributed by atoms with Crippen LogP contribution in [0, 0.1) is 0 Å². The Morgan fingerprint density at radius 1 is 1.40 bits per heavy atom. The molecule has 1 aliphatic rings. The maximum Gasteiger partial charge on any atom is 0.251 e. The van der Waals surface area contributed by atoms with Crippen LogP contribution in [0.5, 0.6) is 0 Å². The molecule has 1 saturated heterocycles. The molecule has 1 fully saturated rings. The van der Waals surface area contributed by atoms with E-state index in [1.807, 2.05) is 18.2 Å². The fourth-order valence-electron chi connectivity index (χ4n) is 1.64. The molecule has 2 rings (SSSR count). The summed E-state index contributed by atoms with van der Waals surface area (Å²) < 4.78 is 11.1. The molecular formula is C11H13NO2S. The lowest BCUT2D eigenvalue weighted by Crippen LogP contribution is -2.35. The molecule has 0 aliphatic carbocycles. The maximum absolute atomic E-state index is 11.7. The van der Waals surface area contributed by atoms with Crippen LogP contribution in [0.25, 0.3) is 0 Å². The van der Waals surface area contributed by atoms with E-state index >= 15 is 0 Å². The van der Waals surface area contributed by atoms with Gasteiger partial charge < -0.3 is 9.87 Å². The summed E-state index contributed by atoms with van der Waals surface area (Å²) >= 11 is -0.740. The lowest BCUT2D eigenvalue weighted by atomic mass is 10.2. The molecule has 80 valence electrons. The summed E-state index contributed by atoms with van der Waals surface area (Å²) in [5, 5.41) is 2.89. The maximum atomic E-state index is 11.7. The number of rotatable bonds is 2. The van der Waals surface area contributed by atoms with Crippen LogP contribution in [0.1, 0.15) is 16.8 Å². The molecule has 1 aromatic carbocycles. The Morgan fingerprint density at radius 2 is 2.13 bits per heavy atom. The van der Waals surface area contributed by atoms with Gasteiger partial charge in [0.05, 0.1) is 6.04 Å². The molecule has 0 aromatic heterocycles. The largest absolute Gasteiger partial charge is 0.616 e. The number of hydrogen-bond donors (Lipinski definition) is 1. The molecule has 0 radical (unpaired) electrons. The fourth-order valence-corrected chi connectivity index (χ4v) is 3.05. The monoisotopic (exact) mass is 223 g/mol. The molecule has 1 aromatic rings. The third-order valence-electron chi connectivity index (χ3n) is 2.45. The second-order valence-corrected chi connectivity index (χ2v) is 5.26. The van der Waals surface area contributed by atoms with E-state index in [0.717, 1.165) is 6.42 Å². The second-order valence-electron chi connectivity index (χ2n) is 3.64. The van der Waals surface area contributed by atoms with Crippen molar-refractivity contribution < 1.29 is 9.35 Å². The zero-order valence-electron chi connectivity index (χ0n) is 8.31. The Hall–Kier alpha value is -1.00. The number of amides is 1. The van der Waals surface area contributed by atoms with Crippen LogP contribution < -0.4 is 5.32 Å². The Balaban J connectivity index is 1.93. The van der Waals surface area contributed by atoms with E-state index in [1.54, 1.807) is 12.1 Å². The topological polar surface area (TPSA) is 52.2 Å². The molecule has 2 atom stereocenters. The van der Waals surface area contributed by atoms with Gasteiger partial charge in [-0.3, -0.25) is 4.79 Å². The second kappa shape index (κ2) is 4.68. The van der Waals surface area contributed by atoms with Gasteiger partial charge in [-0.2, -0.15) is 0 Å². The predicted octanol–water partition coefficient (Wildman–Crippen LogP) is 0.937. The smallest absolute Gasteiger partial charge is 0.251 e. The zero-order chi connectivity index (χ0) is 10.7. The first-order valence-corrected chi connectivity index (χ1v) is 6.45. The summed E-state index contributed by atoms with van der Waals surface area (Å²) in [5.41, 5.74) is 0.662. The van der Waals surface area contributed by atoms with Gasteiger partial charge in [0.2, 0.25) is 0 Å². The molecule has 1 N–H and O–H groups in total. The Kier molecular flexibility index (Phi) is 3.28. The van der Waals surface area contributed by atoms with Crippen molar-refractivity contribution in [2.24, 2.45) is 0 Å². The number of hydrogen-bond acceptors (Lipinski definition) is 2. The molecule has 1 unspecified atom stereocenters. The first-order valence-electron chi connectivity index (χ1n) is 4.96. The van der Waals surface area contributed by atoms with Gasteiger partial charge in [-0.25, -0.2) is 0 Å². The normalized spacial score (nSPS) is 25.1. The van der Waals surface area contributed by atoms with Crippen LogP contribution in [0.15, 0.2) is 30.3 Å². The van der Waals surface area contributed by atoms with Crippen molar-refractivity contribution in [2.45, 2.75) is 12.5 Å². The number of carbonyl (C=O) groups excluding carboxylic acids is 1. The molecule has 0 spiro atoms. The highest BCUT2D eigenvalue weighted by Gasteiger charge is 2.27. The molecule has 0 saturated carbocycles. The molecule has 1 amide bonds. The van der Waals surface area contributed by atoms with Crippen LogP contribution in [0.2, 0.25) is 0 Å². The number of carbonyl (C=O) groups is 1. The first kappa shape index (κ1) is 10.5. The molecule has 4 heteroatoms. The van der Waals surface area contributed by atoms with Crippen molar-refractivity contribution in [1.82, 2.24) is 5.32 Å². The third kappa shape index (κ3) is 2.73. The summed E-state index contributed by atoms with van der Waals surface area (Å²) in [5.74, 6) is 1.23. The van der Waals surface area contributed by atoms with Gasteiger partial charge in [-0.15, -0.1) is 0 Å². The quantitative estimate of drug-likeness (QED) is 0.758. The van der Waals surface area contributed by atoms with Gasteiger partial charge in [0.1, 0.15) is 11.5 Å². The Labute approximate surface area is 92.1 Å². The van der Waals surface area contributed by atoms with Gasteiger partial charge in [0.25, 0.3) is 5.91 Å². The van der Waals surface area contributed by atoms with Crippen molar-refractivity contribution in [3.8, 4) is 0 Å².